The van der Waals surface area contributed by atoms with Gasteiger partial charge in [-0.1, -0.05) is 0 Å². The van der Waals surface area contributed by atoms with Crippen molar-refractivity contribution in [2.45, 2.75) is 6.92 Å². The minimum Gasteiger partial charge on any atom is -0.424 e. The second-order valence-corrected chi connectivity index (χ2v) is 8.66. The number of hydrogen-bond acceptors (Lipinski definition) is 9. The maximum absolute atomic E-state index is 14.0. The van der Waals surface area contributed by atoms with Crippen molar-refractivity contribution in [2.24, 2.45) is 0 Å². The van der Waals surface area contributed by atoms with Crippen molar-refractivity contribution in [3.8, 4) is 11.8 Å². The van der Waals surface area contributed by atoms with Crippen LogP contribution in [-0.2, 0) is 0 Å². The number of carbonyl (C=O) groups excluding carboxylic acids is 1. The minimum atomic E-state index is -1.16. The Morgan fingerprint density at radius 3 is 2.46 bits per heavy atom. The number of H-pyrrole nitrogens is 1. The Morgan fingerprint density at radius 1 is 1.03 bits per heavy atom. The van der Waals surface area contributed by atoms with Crippen molar-refractivity contribution in [1.29, 1.82) is 0 Å². The number of anilines is 3. The summed E-state index contributed by atoms with van der Waals surface area (Å²) in [7, 11) is 2.07. The van der Waals surface area contributed by atoms with Gasteiger partial charge in [-0.3, -0.25) is 9.89 Å². The van der Waals surface area contributed by atoms with E-state index in [1.807, 2.05) is 19.1 Å². The van der Waals surface area contributed by atoms with Gasteiger partial charge in [0.25, 0.3) is 0 Å². The Bertz CT molecular complexity index is 1400. The van der Waals surface area contributed by atoms with Crippen LogP contribution in [0.5, 0.6) is 11.8 Å². The second-order valence-electron chi connectivity index (χ2n) is 8.66. The van der Waals surface area contributed by atoms with E-state index in [0.717, 1.165) is 44.1 Å². The van der Waals surface area contributed by atoms with E-state index in [9.17, 15) is 13.6 Å². The van der Waals surface area contributed by atoms with Crippen LogP contribution in [-0.4, -0.2) is 69.1 Å². The highest BCUT2D eigenvalue weighted by Crippen LogP contribution is 2.27. The lowest BCUT2D eigenvalue weighted by molar-refractivity contribution is 0.103. The molecule has 2 N–H and O–H groups in total. The van der Waals surface area contributed by atoms with E-state index in [0.29, 0.717) is 23.2 Å². The van der Waals surface area contributed by atoms with Crippen molar-refractivity contribution >= 4 is 23.2 Å². The van der Waals surface area contributed by atoms with Crippen molar-refractivity contribution < 1.29 is 18.3 Å². The maximum Gasteiger partial charge on any atom is 0.325 e. The third-order valence-corrected chi connectivity index (χ3v) is 5.89. The first-order valence-corrected chi connectivity index (χ1v) is 11.6. The lowest BCUT2D eigenvalue weighted by Crippen LogP contribution is -2.44. The highest BCUT2D eigenvalue weighted by molar-refractivity contribution is 6.09. The van der Waals surface area contributed by atoms with Gasteiger partial charge in [-0.2, -0.15) is 19.5 Å². The minimum absolute atomic E-state index is 0.0847. The molecule has 0 unspecified atom stereocenters. The van der Waals surface area contributed by atoms with Gasteiger partial charge < -0.3 is 19.9 Å². The Hall–Kier alpha value is -4.45. The fourth-order valence-corrected chi connectivity index (χ4v) is 3.87. The molecule has 0 radical (unpaired) electrons. The van der Waals surface area contributed by atoms with Crippen LogP contribution in [0.1, 0.15) is 21.6 Å². The summed E-state index contributed by atoms with van der Waals surface area (Å²) in [6.45, 7) is 5.29. The quantitative estimate of drug-likeness (QED) is 0.286. The standard InChI is InChI=1S/C25H24F2N8O2/c1-15-13-20(33-32-15)29-19-14-21(35-11-9-34(2)10-12-35)31-25(30-19)37-17-5-3-16(4-6-17)23(36)22-18(26)7-8-28-24(22)27/h3-8,13-14H,9-12H2,1-2H3,(H2,29,30,31,32,33). The number of aromatic nitrogens is 5. The number of aromatic amines is 1. The number of pyridine rings is 1. The number of nitrogens with one attached hydrogen (secondary N) is 2. The molecule has 0 aliphatic carbocycles. The van der Waals surface area contributed by atoms with Gasteiger partial charge in [0.15, 0.2) is 5.82 Å². The molecule has 0 bridgehead atoms. The molecule has 1 aliphatic rings. The first-order valence-electron chi connectivity index (χ1n) is 11.6. The molecule has 1 saturated heterocycles. The summed E-state index contributed by atoms with van der Waals surface area (Å²) in [6.07, 6.45) is 0.963. The van der Waals surface area contributed by atoms with Crippen LogP contribution in [0.15, 0.2) is 48.7 Å². The Kier molecular flexibility index (Phi) is 6.73. The van der Waals surface area contributed by atoms with E-state index < -0.39 is 23.1 Å². The molecule has 10 nitrogen and oxygen atoms in total. The lowest BCUT2D eigenvalue weighted by Gasteiger charge is -2.33. The molecule has 5 rings (SSSR count). The molecule has 4 heterocycles. The normalized spacial score (nSPS) is 14.0. The monoisotopic (exact) mass is 506 g/mol. The van der Waals surface area contributed by atoms with Gasteiger partial charge in [0.05, 0.1) is 0 Å². The summed E-state index contributed by atoms with van der Waals surface area (Å²) in [5.41, 5.74) is 0.276. The van der Waals surface area contributed by atoms with E-state index in [4.69, 9.17) is 4.74 Å². The van der Waals surface area contributed by atoms with Crippen molar-refractivity contribution in [1.82, 2.24) is 30.0 Å². The zero-order valence-electron chi connectivity index (χ0n) is 20.2. The summed E-state index contributed by atoms with van der Waals surface area (Å²) in [6, 6.07) is 10.6. The largest absolute Gasteiger partial charge is 0.424 e. The van der Waals surface area contributed by atoms with Crippen LogP contribution in [0, 0.1) is 18.7 Å². The highest BCUT2D eigenvalue weighted by atomic mass is 19.1. The molecule has 3 aromatic heterocycles. The zero-order valence-corrected chi connectivity index (χ0v) is 20.2. The van der Waals surface area contributed by atoms with E-state index in [-0.39, 0.29) is 11.6 Å². The first kappa shape index (κ1) is 24.3. The number of piperazine rings is 1. The number of benzene rings is 1. The molecule has 12 heteroatoms. The summed E-state index contributed by atoms with van der Waals surface area (Å²) in [5.74, 6) is -0.804. The van der Waals surface area contributed by atoms with Crippen LogP contribution in [0.4, 0.5) is 26.2 Å². The Morgan fingerprint density at radius 2 is 1.78 bits per heavy atom. The van der Waals surface area contributed by atoms with Crippen molar-refractivity contribution in [2.75, 3.05) is 43.4 Å². The molecule has 0 atom stereocenters. The summed E-state index contributed by atoms with van der Waals surface area (Å²) in [5, 5.41) is 10.2. The van der Waals surface area contributed by atoms with Gasteiger partial charge in [0.2, 0.25) is 11.7 Å². The fourth-order valence-electron chi connectivity index (χ4n) is 3.87. The average Bonchev–Trinajstić information content (AvgIpc) is 3.29. The van der Waals surface area contributed by atoms with Gasteiger partial charge in [-0.05, 0) is 44.3 Å². The lowest BCUT2D eigenvalue weighted by atomic mass is 10.0. The van der Waals surface area contributed by atoms with E-state index >= 15 is 0 Å². The van der Waals surface area contributed by atoms with Crippen LogP contribution >= 0.6 is 0 Å². The maximum atomic E-state index is 14.0. The molecule has 0 saturated carbocycles. The Labute approximate surface area is 211 Å². The highest BCUT2D eigenvalue weighted by Gasteiger charge is 2.21. The van der Waals surface area contributed by atoms with E-state index in [1.54, 1.807) is 0 Å². The summed E-state index contributed by atoms with van der Waals surface area (Å²) >= 11 is 0. The topological polar surface area (TPSA) is 112 Å². The number of halogens is 2. The van der Waals surface area contributed by atoms with Crippen molar-refractivity contribution in [3.05, 3.63) is 77.2 Å². The molecule has 0 spiro atoms. The zero-order chi connectivity index (χ0) is 25.9. The van der Waals surface area contributed by atoms with Gasteiger partial charge >= 0.3 is 6.01 Å². The number of hydrogen-bond donors (Lipinski definition) is 2. The average molecular weight is 507 g/mol. The smallest absolute Gasteiger partial charge is 0.325 e. The molecule has 4 aromatic rings. The number of likely N-dealkylation sites (N-methyl/N-ethyl adjacent to an activating group) is 1. The second kappa shape index (κ2) is 10.3. The van der Waals surface area contributed by atoms with Gasteiger partial charge in [0, 0.05) is 55.8 Å². The van der Waals surface area contributed by atoms with Gasteiger partial charge in [-0.25, -0.2) is 9.37 Å². The van der Waals surface area contributed by atoms with Gasteiger partial charge in [0.1, 0.15) is 28.8 Å². The first-order chi connectivity index (χ1) is 17.9. The predicted octanol–water partition coefficient (Wildman–Crippen LogP) is 3.70. The molecular formula is C25H24F2N8O2. The number of ether oxygens (including phenoxy) is 1. The predicted molar refractivity (Wildman–Crippen MR) is 132 cm³/mol. The van der Waals surface area contributed by atoms with Crippen molar-refractivity contribution in [3.63, 3.8) is 0 Å². The molecule has 37 heavy (non-hydrogen) atoms. The van der Waals surface area contributed by atoms with E-state index in [1.165, 1.54) is 24.3 Å². The number of carbonyl (C=O) groups is 1. The number of nitrogens with zero attached hydrogens (tertiary/aromatic N) is 6. The SMILES string of the molecule is Cc1cc(Nc2cc(N3CCN(C)CC3)nc(Oc3ccc(C(=O)c4c(F)ccnc4F)cc3)n2)n[nH]1. The van der Waals surface area contributed by atoms with Crippen LogP contribution in [0.25, 0.3) is 0 Å². The van der Waals surface area contributed by atoms with Gasteiger partial charge in [-0.15, -0.1) is 0 Å². The molecule has 1 aromatic carbocycles. The van der Waals surface area contributed by atoms with Crippen LogP contribution in [0.3, 0.4) is 0 Å². The summed E-state index contributed by atoms with van der Waals surface area (Å²) in [4.78, 5) is 29.4. The molecular weight excluding hydrogens is 482 g/mol. The number of aryl methyl sites for hydroxylation is 1. The molecule has 190 valence electrons. The molecule has 1 aliphatic heterocycles. The Balaban J connectivity index is 1.39. The molecule has 0 amide bonds. The summed E-state index contributed by atoms with van der Waals surface area (Å²) < 4.78 is 33.8. The third kappa shape index (κ3) is 5.54. The fraction of sp³-hybridized carbons (Fsp3) is 0.240. The number of ketones is 1. The number of rotatable bonds is 7. The molecule has 1 fully saturated rings. The third-order valence-electron chi connectivity index (χ3n) is 5.89. The van der Waals surface area contributed by atoms with Crippen LogP contribution in [0.2, 0.25) is 0 Å². The van der Waals surface area contributed by atoms with Crippen LogP contribution < -0.4 is 15.0 Å². The van der Waals surface area contributed by atoms with E-state index in [2.05, 4.69) is 47.3 Å².